The molecule has 1 aliphatic rings. The largest absolute Gasteiger partial charge is 0.312 e. The summed E-state index contributed by atoms with van der Waals surface area (Å²) in [5.41, 5.74) is 0. The standard InChI is InChI=1S/C13H23N3O2S2/c1-3-14-10-12-6-7-13(19-12)20(17,18)15-9-11-5-4-8-16(11)2/h6-7,11,14-15H,3-5,8-10H2,1-2H3. The van der Waals surface area contributed by atoms with Crippen molar-refractivity contribution < 1.29 is 8.42 Å². The highest BCUT2D eigenvalue weighted by molar-refractivity contribution is 7.91. The van der Waals surface area contributed by atoms with Gasteiger partial charge in [-0.15, -0.1) is 11.3 Å². The molecule has 0 aliphatic carbocycles. The lowest BCUT2D eigenvalue weighted by Gasteiger charge is -2.19. The first-order valence-electron chi connectivity index (χ1n) is 7.02. The van der Waals surface area contributed by atoms with Gasteiger partial charge in [0, 0.05) is 24.0 Å². The highest BCUT2D eigenvalue weighted by Crippen LogP contribution is 2.22. The summed E-state index contributed by atoms with van der Waals surface area (Å²) >= 11 is 1.34. The Morgan fingerprint density at radius 1 is 1.45 bits per heavy atom. The summed E-state index contributed by atoms with van der Waals surface area (Å²) in [6, 6.07) is 3.90. The summed E-state index contributed by atoms with van der Waals surface area (Å²) < 4.78 is 27.6. The zero-order valence-electron chi connectivity index (χ0n) is 12.1. The molecular weight excluding hydrogens is 294 g/mol. The Morgan fingerprint density at radius 2 is 2.25 bits per heavy atom. The maximum atomic E-state index is 12.2. The van der Waals surface area contributed by atoms with Crippen molar-refractivity contribution in [3.8, 4) is 0 Å². The first-order valence-corrected chi connectivity index (χ1v) is 9.32. The maximum Gasteiger partial charge on any atom is 0.250 e. The van der Waals surface area contributed by atoms with Crippen LogP contribution in [0.25, 0.3) is 0 Å². The van der Waals surface area contributed by atoms with E-state index in [1.54, 1.807) is 6.07 Å². The summed E-state index contributed by atoms with van der Waals surface area (Å²) in [5.74, 6) is 0. The molecule has 2 rings (SSSR count). The number of likely N-dealkylation sites (N-methyl/N-ethyl adjacent to an activating group) is 1. The van der Waals surface area contributed by atoms with Crippen LogP contribution in [0.4, 0.5) is 0 Å². The van der Waals surface area contributed by atoms with Crippen LogP contribution in [0.5, 0.6) is 0 Å². The molecule has 1 atom stereocenters. The highest BCUT2D eigenvalue weighted by atomic mass is 32.2. The van der Waals surface area contributed by atoms with Gasteiger partial charge in [-0.25, -0.2) is 13.1 Å². The van der Waals surface area contributed by atoms with Crippen molar-refractivity contribution in [2.45, 2.75) is 36.6 Å². The Labute approximate surface area is 125 Å². The fourth-order valence-electron chi connectivity index (χ4n) is 2.36. The zero-order valence-corrected chi connectivity index (χ0v) is 13.7. The molecule has 1 aliphatic heterocycles. The van der Waals surface area contributed by atoms with Crippen LogP contribution in [0.1, 0.15) is 24.6 Å². The van der Waals surface area contributed by atoms with Crippen LogP contribution in [0.15, 0.2) is 16.3 Å². The van der Waals surface area contributed by atoms with Gasteiger partial charge < -0.3 is 10.2 Å². The lowest BCUT2D eigenvalue weighted by atomic mass is 10.2. The van der Waals surface area contributed by atoms with Crippen LogP contribution in [0.3, 0.4) is 0 Å². The number of hydrogen-bond acceptors (Lipinski definition) is 5. The maximum absolute atomic E-state index is 12.2. The zero-order chi connectivity index (χ0) is 14.6. The normalized spacial score (nSPS) is 20.6. The molecule has 0 bridgehead atoms. The lowest BCUT2D eigenvalue weighted by molar-refractivity contribution is 0.311. The van der Waals surface area contributed by atoms with Crippen LogP contribution in [-0.2, 0) is 16.6 Å². The average molecular weight is 317 g/mol. The van der Waals surface area contributed by atoms with E-state index in [4.69, 9.17) is 0 Å². The van der Waals surface area contributed by atoms with E-state index in [1.165, 1.54) is 11.3 Å². The van der Waals surface area contributed by atoms with Crippen molar-refractivity contribution in [1.29, 1.82) is 0 Å². The first kappa shape index (κ1) is 15.9. The molecule has 1 saturated heterocycles. The van der Waals surface area contributed by atoms with Crippen molar-refractivity contribution in [3.05, 3.63) is 17.0 Å². The Bertz CT molecular complexity index is 527. The molecule has 1 aromatic heterocycles. The minimum atomic E-state index is -3.36. The smallest absolute Gasteiger partial charge is 0.250 e. The van der Waals surface area contributed by atoms with Crippen molar-refractivity contribution in [1.82, 2.24) is 14.9 Å². The Hall–Kier alpha value is -0.470. The number of nitrogens with zero attached hydrogens (tertiary/aromatic N) is 1. The molecule has 1 fully saturated rings. The molecular formula is C13H23N3O2S2. The summed E-state index contributed by atoms with van der Waals surface area (Å²) in [6.45, 7) is 5.19. The number of thiophene rings is 1. The molecule has 2 N–H and O–H groups in total. The van der Waals surface area contributed by atoms with Gasteiger partial charge in [-0.2, -0.15) is 0 Å². The quantitative estimate of drug-likeness (QED) is 0.794. The summed E-state index contributed by atoms with van der Waals surface area (Å²) in [4.78, 5) is 3.26. The first-order chi connectivity index (χ1) is 9.53. The van der Waals surface area contributed by atoms with Crippen LogP contribution in [0.2, 0.25) is 0 Å². The van der Waals surface area contributed by atoms with Gasteiger partial charge in [-0.1, -0.05) is 6.92 Å². The number of likely N-dealkylation sites (tertiary alicyclic amines) is 1. The summed E-state index contributed by atoms with van der Waals surface area (Å²) in [6.07, 6.45) is 2.21. The Balaban J connectivity index is 1.93. The van der Waals surface area contributed by atoms with E-state index in [0.717, 1.165) is 37.4 Å². The molecule has 0 aromatic carbocycles. The second kappa shape index (κ2) is 7.00. The van der Waals surface area contributed by atoms with Gasteiger partial charge in [0.05, 0.1) is 0 Å². The third kappa shape index (κ3) is 4.02. The van der Waals surface area contributed by atoms with Crippen LogP contribution in [-0.4, -0.2) is 46.0 Å². The van der Waals surface area contributed by atoms with E-state index in [9.17, 15) is 8.42 Å². The summed E-state index contributed by atoms with van der Waals surface area (Å²) in [5, 5.41) is 3.20. The molecule has 1 unspecified atom stereocenters. The number of rotatable bonds is 7. The SMILES string of the molecule is CCNCc1ccc(S(=O)(=O)NCC2CCCN2C)s1. The molecule has 0 radical (unpaired) electrons. The molecule has 5 nitrogen and oxygen atoms in total. The van der Waals surface area contributed by atoms with E-state index < -0.39 is 10.0 Å². The molecule has 7 heteroatoms. The number of hydrogen-bond donors (Lipinski definition) is 2. The van der Waals surface area contributed by atoms with Crippen LogP contribution < -0.4 is 10.0 Å². The van der Waals surface area contributed by atoms with Gasteiger partial charge in [0.2, 0.25) is 10.0 Å². The second-order valence-corrected chi connectivity index (χ2v) is 8.29. The van der Waals surface area contributed by atoms with Crippen LogP contribution in [0, 0.1) is 0 Å². The molecule has 0 saturated carbocycles. The van der Waals surface area contributed by atoms with E-state index in [0.29, 0.717) is 16.8 Å². The van der Waals surface area contributed by atoms with E-state index in [-0.39, 0.29) is 0 Å². The molecule has 20 heavy (non-hydrogen) atoms. The van der Waals surface area contributed by atoms with Crippen molar-refractivity contribution >= 4 is 21.4 Å². The topological polar surface area (TPSA) is 61.4 Å². The molecule has 0 spiro atoms. The molecule has 1 aromatic rings. The third-order valence-corrected chi connectivity index (χ3v) is 6.63. The van der Waals surface area contributed by atoms with E-state index >= 15 is 0 Å². The van der Waals surface area contributed by atoms with Gasteiger partial charge in [0.25, 0.3) is 0 Å². The van der Waals surface area contributed by atoms with Gasteiger partial charge in [0.1, 0.15) is 4.21 Å². The molecule has 2 heterocycles. The second-order valence-electron chi connectivity index (χ2n) is 5.13. The lowest BCUT2D eigenvalue weighted by Crippen LogP contribution is -2.37. The van der Waals surface area contributed by atoms with E-state index in [2.05, 4.69) is 14.9 Å². The highest BCUT2D eigenvalue weighted by Gasteiger charge is 2.24. The number of sulfonamides is 1. The van der Waals surface area contributed by atoms with Gasteiger partial charge in [0.15, 0.2) is 0 Å². The fraction of sp³-hybridized carbons (Fsp3) is 0.692. The van der Waals surface area contributed by atoms with Crippen molar-refractivity contribution in [2.24, 2.45) is 0 Å². The minimum absolute atomic E-state index is 0.325. The van der Waals surface area contributed by atoms with E-state index in [1.807, 2.05) is 20.0 Å². The van der Waals surface area contributed by atoms with Crippen molar-refractivity contribution in [3.63, 3.8) is 0 Å². The average Bonchev–Trinajstić information content (AvgIpc) is 3.03. The summed E-state index contributed by atoms with van der Waals surface area (Å²) in [7, 11) is -1.31. The molecule has 114 valence electrons. The van der Waals surface area contributed by atoms with Gasteiger partial charge >= 0.3 is 0 Å². The van der Waals surface area contributed by atoms with Crippen LogP contribution >= 0.6 is 11.3 Å². The monoisotopic (exact) mass is 317 g/mol. The minimum Gasteiger partial charge on any atom is -0.312 e. The predicted octanol–water partition coefficient (Wildman–Crippen LogP) is 1.23. The number of nitrogens with one attached hydrogen (secondary N) is 2. The third-order valence-electron chi connectivity index (χ3n) is 3.63. The fourth-order valence-corrected chi connectivity index (χ4v) is 4.80. The Morgan fingerprint density at radius 3 is 2.90 bits per heavy atom. The van der Waals surface area contributed by atoms with Crippen molar-refractivity contribution in [2.75, 3.05) is 26.7 Å². The predicted molar refractivity (Wildman–Crippen MR) is 82.5 cm³/mol. The van der Waals surface area contributed by atoms with Gasteiger partial charge in [-0.3, -0.25) is 0 Å². The Kier molecular flexibility index (Phi) is 5.57. The van der Waals surface area contributed by atoms with Gasteiger partial charge in [-0.05, 0) is 45.1 Å². The molecule has 0 amide bonds.